The summed E-state index contributed by atoms with van der Waals surface area (Å²) in [5.41, 5.74) is 4.25. The van der Waals surface area contributed by atoms with Gasteiger partial charge >= 0.3 is 0 Å². The Hall–Kier alpha value is -3.02. The Morgan fingerprint density at radius 1 is 0.933 bits per heavy atom. The van der Waals surface area contributed by atoms with Crippen molar-refractivity contribution >= 4 is 28.9 Å². The lowest BCUT2D eigenvalue weighted by molar-refractivity contribution is -0.135. The third-order valence-electron chi connectivity index (χ3n) is 5.75. The second-order valence-electron chi connectivity index (χ2n) is 8.44. The van der Waals surface area contributed by atoms with Gasteiger partial charge in [-0.2, -0.15) is 5.11 Å². The largest absolute Gasteiger partial charge is 0.342 e. The summed E-state index contributed by atoms with van der Waals surface area (Å²) in [6.45, 7) is 5.28. The number of rotatable bonds is 5. The van der Waals surface area contributed by atoms with Crippen LogP contribution in [0.25, 0.3) is 0 Å². The Balaban J connectivity index is 1.46. The molecule has 0 bridgehead atoms. The van der Waals surface area contributed by atoms with Gasteiger partial charge in [0.15, 0.2) is 0 Å². The number of amides is 2. The minimum atomic E-state index is -0.190. The average Bonchev–Trinajstić information content (AvgIpc) is 3.60. The van der Waals surface area contributed by atoms with E-state index in [0.29, 0.717) is 17.9 Å². The number of hydrogen-bond donors (Lipinski definition) is 1. The monoisotopic (exact) mass is 404 g/mol. The Kier molecular flexibility index (Phi) is 5.93. The van der Waals surface area contributed by atoms with Crippen LogP contribution in [0.5, 0.6) is 0 Å². The maximum atomic E-state index is 12.9. The molecule has 0 radical (unpaired) electrons. The van der Waals surface area contributed by atoms with Crippen molar-refractivity contribution in [1.82, 2.24) is 4.90 Å². The lowest BCUT2D eigenvalue weighted by atomic mass is 9.96. The number of hydrogen-bond acceptors (Lipinski definition) is 4. The maximum Gasteiger partial charge on any atom is 0.229 e. The number of benzene rings is 2. The van der Waals surface area contributed by atoms with Crippen LogP contribution in [0.2, 0.25) is 0 Å². The SMILES string of the molecule is Cc1ccc(N=Nc2cc(C)ccc2NC(=O)C2CCCN(C(=O)C3CC3)C2)cc1. The van der Waals surface area contributed by atoms with Crippen molar-refractivity contribution < 1.29 is 9.59 Å². The number of nitrogens with one attached hydrogen (secondary N) is 1. The first-order chi connectivity index (χ1) is 14.5. The van der Waals surface area contributed by atoms with Crippen molar-refractivity contribution in [2.24, 2.45) is 22.1 Å². The summed E-state index contributed by atoms with van der Waals surface area (Å²) in [6.07, 6.45) is 3.65. The van der Waals surface area contributed by atoms with E-state index in [9.17, 15) is 9.59 Å². The van der Waals surface area contributed by atoms with E-state index >= 15 is 0 Å². The van der Waals surface area contributed by atoms with E-state index in [2.05, 4.69) is 15.5 Å². The number of nitrogens with zero attached hydrogens (tertiary/aromatic N) is 3. The van der Waals surface area contributed by atoms with Crippen molar-refractivity contribution in [1.29, 1.82) is 0 Å². The molecule has 1 atom stereocenters. The van der Waals surface area contributed by atoms with Crippen LogP contribution in [0.4, 0.5) is 17.1 Å². The molecule has 1 heterocycles. The predicted octanol–water partition coefficient (Wildman–Crippen LogP) is 5.31. The van der Waals surface area contributed by atoms with Gasteiger partial charge in [-0.1, -0.05) is 23.8 Å². The summed E-state index contributed by atoms with van der Waals surface area (Å²) in [7, 11) is 0. The number of likely N-dealkylation sites (tertiary alicyclic amines) is 1. The summed E-state index contributed by atoms with van der Waals surface area (Å²) in [5.74, 6) is 0.164. The molecule has 4 rings (SSSR count). The van der Waals surface area contributed by atoms with E-state index in [4.69, 9.17) is 0 Å². The molecule has 6 nitrogen and oxygen atoms in total. The van der Waals surface area contributed by atoms with Gasteiger partial charge in [0.1, 0.15) is 5.69 Å². The summed E-state index contributed by atoms with van der Waals surface area (Å²) in [6, 6.07) is 13.5. The minimum Gasteiger partial charge on any atom is -0.342 e. The summed E-state index contributed by atoms with van der Waals surface area (Å²) >= 11 is 0. The first-order valence-corrected chi connectivity index (χ1v) is 10.7. The third kappa shape index (κ3) is 4.93. The molecular weight excluding hydrogens is 376 g/mol. The van der Waals surface area contributed by atoms with E-state index < -0.39 is 0 Å². The standard InChI is InChI=1S/C24H28N4O2/c1-16-5-10-20(11-6-16)26-27-22-14-17(2)7-12-21(22)25-23(29)19-4-3-13-28(15-19)24(30)18-8-9-18/h5-7,10-12,14,18-19H,3-4,8-9,13,15H2,1-2H3,(H,25,29). The Bertz CT molecular complexity index is 964. The second kappa shape index (κ2) is 8.78. The first-order valence-electron chi connectivity index (χ1n) is 10.7. The van der Waals surface area contributed by atoms with Gasteiger partial charge in [-0.3, -0.25) is 9.59 Å². The summed E-state index contributed by atoms with van der Waals surface area (Å²) in [4.78, 5) is 27.2. The molecule has 2 aromatic rings. The van der Waals surface area contributed by atoms with Crippen LogP contribution < -0.4 is 5.32 Å². The van der Waals surface area contributed by atoms with Crippen LogP contribution in [-0.4, -0.2) is 29.8 Å². The normalized spacial score (nSPS) is 19.1. The molecule has 1 saturated heterocycles. The number of anilines is 1. The highest BCUT2D eigenvalue weighted by molar-refractivity contribution is 5.96. The molecule has 30 heavy (non-hydrogen) atoms. The molecule has 156 valence electrons. The quantitative estimate of drug-likeness (QED) is 0.686. The van der Waals surface area contributed by atoms with Gasteiger partial charge < -0.3 is 10.2 Å². The number of carbonyl (C=O) groups excluding carboxylic acids is 2. The highest BCUT2D eigenvalue weighted by Crippen LogP contribution is 2.33. The van der Waals surface area contributed by atoms with E-state index in [-0.39, 0.29) is 23.7 Å². The smallest absolute Gasteiger partial charge is 0.229 e. The highest BCUT2D eigenvalue weighted by atomic mass is 16.2. The van der Waals surface area contributed by atoms with Gasteiger partial charge in [-0.05, 0) is 69.4 Å². The zero-order valence-electron chi connectivity index (χ0n) is 17.6. The lowest BCUT2D eigenvalue weighted by Crippen LogP contribution is -2.44. The van der Waals surface area contributed by atoms with Gasteiger partial charge in [0.2, 0.25) is 11.8 Å². The molecule has 0 aromatic heterocycles. The highest BCUT2D eigenvalue weighted by Gasteiger charge is 2.36. The first kappa shape index (κ1) is 20.3. The fourth-order valence-electron chi connectivity index (χ4n) is 3.77. The van der Waals surface area contributed by atoms with Crippen molar-refractivity contribution in [3.63, 3.8) is 0 Å². The number of azo groups is 1. The van der Waals surface area contributed by atoms with Gasteiger partial charge in [0.25, 0.3) is 0 Å². The molecule has 1 unspecified atom stereocenters. The van der Waals surface area contributed by atoms with Crippen LogP contribution in [-0.2, 0) is 9.59 Å². The molecule has 6 heteroatoms. The molecule has 1 saturated carbocycles. The number of piperidine rings is 1. The van der Waals surface area contributed by atoms with Crippen molar-refractivity contribution in [2.45, 2.75) is 39.5 Å². The molecule has 2 amide bonds. The molecular formula is C24H28N4O2. The maximum absolute atomic E-state index is 12.9. The van der Waals surface area contributed by atoms with Crippen molar-refractivity contribution in [3.05, 3.63) is 53.6 Å². The van der Waals surface area contributed by atoms with Gasteiger partial charge in [-0.15, -0.1) is 5.11 Å². The van der Waals surface area contributed by atoms with Crippen molar-refractivity contribution in [3.8, 4) is 0 Å². The molecule has 2 aliphatic rings. The molecule has 1 aliphatic heterocycles. The van der Waals surface area contributed by atoms with Gasteiger partial charge in [0.05, 0.1) is 17.3 Å². The second-order valence-corrected chi connectivity index (χ2v) is 8.44. The lowest BCUT2D eigenvalue weighted by Gasteiger charge is -2.32. The molecule has 2 aromatic carbocycles. The van der Waals surface area contributed by atoms with Crippen LogP contribution in [0, 0.1) is 25.7 Å². The molecule has 1 N–H and O–H groups in total. The van der Waals surface area contributed by atoms with Crippen LogP contribution >= 0.6 is 0 Å². The fraction of sp³-hybridized carbons (Fsp3) is 0.417. The molecule has 0 spiro atoms. The molecule has 1 aliphatic carbocycles. The van der Waals surface area contributed by atoms with E-state index in [1.165, 1.54) is 5.56 Å². The third-order valence-corrected chi connectivity index (χ3v) is 5.75. The molecule has 2 fully saturated rings. The van der Waals surface area contributed by atoms with E-state index in [0.717, 1.165) is 43.5 Å². The zero-order chi connectivity index (χ0) is 21.1. The van der Waals surface area contributed by atoms with Crippen LogP contribution in [0.15, 0.2) is 52.7 Å². The number of carbonyl (C=O) groups is 2. The topological polar surface area (TPSA) is 74.1 Å². The average molecular weight is 405 g/mol. The van der Waals surface area contributed by atoms with Crippen LogP contribution in [0.3, 0.4) is 0 Å². The Morgan fingerprint density at radius 2 is 1.67 bits per heavy atom. The summed E-state index contributed by atoms with van der Waals surface area (Å²) in [5, 5.41) is 11.7. The van der Waals surface area contributed by atoms with Crippen LogP contribution in [0.1, 0.15) is 36.8 Å². The number of aryl methyl sites for hydroxylation is 2. The summed E-state index contributed by atoms with van der Waals surface area (Å²) < 4.78 is 0. The Morgan fingerprint density at radius 3 is 2.40 bits per heavy atom. The zero-order valence-corrected chi connectivity index (χ0v) is 17.6. The predicted molar refractivity (Wildman–Crippen MR) is 117 cm³/mol. The van der Waals surface area contributed by atoms with E-state index in [1.54, 1.807) is 0 Å². The minimum absolute atomic E-state index is 0.0565. The Labute approximate surface area is 177 Å². The van der Waals surface area contributed by atoms with Gasteiger partial charge in [-0.25, -0.2) is 0 Å². The van der Waals surface area contributed by atoms with Crippen molar-refractivity contribution in [2.75, 3.05) is 18.4 Å². The fourth-order valence-corrected chi connectivity index (χ4v) is 3.77. The van der Waals surface area contributed by atoms with Gasteiger partial charge in [0, 0.05) is 19.0 Å². The van der Waals surface area contributed by atoms with E-state index in [1.807, 2.05) is 61.2 Å².